The van der Waals surface area contributed by atoms with Crippen molar-refractivity contribution in [2.75, 3.05) is 18.1 Å². The van der Waals surface area contributed by atoms with Gasteiger partial charge in [0.15, 0.2) is 5.13 Å². The number of nitrogens with zero attached hydrogens (tertiary/aromatic N) is 1. The molecule has 2 N–H and O–H groups in total. The topological polar surface area (TPSA) is 48.1 Å². The summed E-state index contributed by atoms with van der Waals surface area (Å²) >= 11 is 3.30. The minimum Gasteiger partial charge on any atom is -0.494 e. The third kappa shape index (κ3) is 4.28. The first-order valence-corrected chi connectivity index (χ1v) is 7.17. The number of hydrogen-bond donors (Lipinski definition) is 1. The molecule has 0 atom stereocenters. The van der Waals surface area contributed by atoms with Gasteiger partial charge < -0.3 is 10.5 Å². The zero-order valence-electron chi connectivity index (χ0n) is 9.33. The van der Waals surface area contributed by atoms with Crippen LogP contribution in [0.2, 0.25) is 0 Å². The first kappa shape index (κ1) is 12.3. The number of ether oxygens (including phenoxy) is 1. The predicted octanol–water partition coefficient (Wildman–Crippen LogP) is 3.29. The highest BCUT2D eigenvalue weighted by Gasteiger charge is 1.99. The molecular weight excluding hydrogens is 252 g/mol. The van der Waals surface area contributed by atoms with Crippen LogP contribution in [0.15, 0.2) is 40.7 Å². The number of rotatable bonds is 6. The van der Waals surface area contributed by atoms with Gasteiger partial charge in [-0.25, -0.2) is 4.98 Å². The number of nitrogens with two attached hydrogens (primary N) is 1. The third-order valence-corrected chi connectivity index (χ3v) is 4.15. The molecule has 1 aromatic carbocycles. The van der Waals surface area contributed by atoms with Gasteiger partial charge in [-0.15, -0.1) is 11.8 Å². The molecule has 1 heterocycles. The van der Waals surface area contributed by atoms with Crippen molar-refractivity contribution in [3.05, 3.63) is 36.5 Å². The van der Waals surface area contributed by atoms with Crippen molar-refractivity contribution in [3.63, 3.8) is 0 Å². The molecule has 0 amide bonds. The standard InChI is InChI=1S/C12H14N2OS2/c13-12-14-9-11(17-12)16-8-4-7-15-10-5-2-1-3-6-10/h1-3,5-6,9H,4,7-8H2,(H2,13,14). The lowest BCUT2D eigenvalue weighted by molar-refractivity contribution is 0.319. The molecule has 0 saturated carbocycles. The van der Waals surface area contributed by atoms with Gasteiger partial charge in [-0.05, 0) is 18.6 Å². The van der Waals surface area contributed by atoms with E-state index in [0.717, 1.165) is 24.5 Å². The van der Waals surface area contributed by atoms with Gasteiger partial charge in [0.25, 0.3) is 0 Å². The number of thioether (sulfide) groups is 1. The van der Waals surface area contributed by atoms with E-state index in [-0.39, 0.29) is 0 Å². The van der Waals surface area contributed by atoms with Gasteiger partial charge in [0.1, 0.15) is 5.75 Å². The second-order valence-corrected chi connectivity index (χ2v) is 5.84. The Labute approximate surface area is 109 Å². The molecule has 0 saturated heterocycles. The Morgan fingerprint density at radius 3 is 2.82 bits per heavy atom. The van der Waals surface area contributed by atoms with Crippen molar-refractivity contribution in [1.82, 2.24) is 4.98 Å². The predicted molar refractivity (Wildman–Crippen MR) is 73.8 cm³/mol. The van der Waals surface area contributed by atoms with Gasteiger partial charge in [0, 0.05) is 5.75 Å². The number of thiazole rings is 1. The first-order valence-electron chi connectivity index (χ1n) is 5.36. The van der Waals surface area contributed by atoms with Gasteiger partial charge in [-0.2, -0.15) is 0 Å². The Morgan fingerprint density at radius 2 is 2.12 bits per heavy atom. The molecule has 0 aliphatic rings. The summed E-state index contributed by atoms with van der Waals surface area (Å²) in [6, 6.07) is 9.87. The second kappa shape index (κ2) is 6.51. The molecule has 5 heteroatoms. The Balaban J connectivity index is 1.61. The molecule has 90 valence electrons. The molecule has 2 rings (SSSR count). The highest BCUT2D eigenvalue weighted by atomic mass is 32.2. The van der Waals surface area contributed by atoms with Gasteiger partial charge in [-0.1, -0.05) is 29.5 Å². The monoisotopic (exact) mass is 266 g/mol. The zero-order valence-corrected chi connectivity index (χ0v) is 11.0. The number of hydrogen-bond acceptors (Lipinski definition) is 5. The first-order chi connectivity index (χ1) is 8.34. The molecule has 0 aliphatic heterocycles. The van der Waals surface area contributed by atoms with Crippen LogP contribution >= 0.6 is 23.1 Å². The highest BCUT2D eigenvalue weighted by molar-refractivity contribution is 8.01. The Kier molecular flexibility index (Phi) is 4.70. The fourth-order valence-electron chi connectivity index (χ4n) is 1.28. The normalized spacial score (nSPS) is 10.4. The van der Waals surface area contributed by atoms with Crippen molar-refractivity contribution >= 4 is 28.2 Å². The van der Waals surface area contributed by atoms with Crippen LogP contribution in [-0.4, -0.2) is 17.3 Å². The van der Waals surface area contributed by atoms with Crippen LogP contribution in [0.25, 0.3) is 0 Å². The summed E-state index contributed by atoms with van der Waals surface area (Å²) in [4.78, 5) is 4.01. The summed E-state index contributed by atoms with van der Waals surface area (Å²) in [5.41, 5.74) is 5.55. The van der Waals surface area contributed by atoms with Crippen LogP contribution in [0.3, 0.4) is 0 Å². The summed E-state index contributed by atoms with van der Waals surface area (Å²) in [6.45, 7) is 0.741. The Morgan fingerprint density at radius 1 is 1.29 bits per heavy atom. The van der Waals surface area contributed by atoms with Gasteiger partial charge in [-0.3, -0.25) is 0 Å². The zero-order chi connectivity index (χ0) is 11.9. The Bertz CT molecular complexity index is 445. The lowest BCUT2D eigenvalue weighted by Gasteiger charge is -2.04. The number of anilines is 1. The van der Waals surface area contributed by atoms with Gasteiger partial charge in [0.2, 0.25) is 0 Å². The van der Waals surface area contributed by atoms with E-state index in [2.05, 4.69) is 4.98 Å². The van der Waals surface area contributed by atoms with Crippen LogP contribution in [-0.2, 0) is 0 Å². The fraction of sp³-hybridized carbons (Fsp3) is 0.250. The summed E-state index contributed by atoms with van der Waals surface area (Å²) in [5.74, 6) is 1.95. The number of para-hydroxylation sites is 1. The van der Waals surface area contributed by atoms with Gasteiger partial charge in [0.05, 0.1) is 17.0 Å². The minimum absolute atomic E-state index is 0.632. The van der Waals surface area contributed by atoms with Crippen LogP contribution in [0.1, 0.15) is 6.42 Å². The van der Waals surface area contributed by atoms with Crippen LogP contribution < -0.4 is 10.5 Å². The molecule has 0 fully saturated rings. The third-order valence-electron chi connectivity index (χ3n) is 2.05. The lowest BCUT2D eigenvalue weighted by Crippen LogP contribution is -1.98. The maximum Gasteiger partial charge on any atom is 0.181 e. The molecule has 3 nitrogen and oxygen atoms in total. The van der Waals surface area contributed by atoms with E-state index in [1.807, 2.05) is 36.5 Å². The number of nitrogen functional groups attached to an aromatic ring is 1. The van der Waals surface area contributed by atoms with Crippen molar-refractivity contribution in [2.24, 2.45) is 0 Å². The van der Waals surface area contributed by atoms with E-state index < -0.39 is 0 Å². The summed E-state index contributed by atoms with van der Waals surface area (Å²) in [7, 11) is 0. The maximum absolute atomic E-state index is 5.60. The minimum atomic E-state index is 0.632. The van der Waals surface area contributed by atoms with Crippen molar-refractivity contribution < 1.29 is 4.74 Å². The Hall–Kier alpha value is -1.20. The smallest absolute Gasteiger partial charge is 0.181 e. The molecule has 2 aromatic rings. The van der Waals surface area contributed by atoms with E-state index in [1.54, 1.807) is 11.8 Å². The van der Waals surface area contributed by atoms with E-state index in [9.17, 15) is 0 Å². The lowest BCUT2D eigenvalue weighted by atomic mass is 10.3. The molecule has 0 bridgehead atoms. The molecule has 0 aliphatic carbocycles. The van der Waals surface area contributed by atoms with Crippen molar-refractivity contribution in [2.45, 2.75) is 10.6 Å². The molecule has 0 unspecified atom stereocenters. The van der Waals surface area contributed by atoms with Crippen molar-refractivity contribution in [3.8, 4) is 5.75 Å². The SMILES string of the molecule is Nc1ncc(SCCCOc2ccccc2)s1. The fourth-order valence-corrected chi connectivity index (χ4v) is 3.03. The summed E-state index contributed by atoms with van der Waals surface area (Å²) in [6.07, 6.45) is 2.83. The molecular formula is C12H14N2OS2. The largest absolute Gasteiger partial charge is 0.494 e. The van der Waals surface area contributed by atoms with Gasteiger partial charge >= 0.3 is 0 Å². The van der Waals surface area contributed by atoms with Crippen molar-refractivity contribution in [1.29, 1.82) is 0 Å². The highest BCUT2D eigenvalue weighted by Crippen LogP contribution is 2.26. The number of benzene rings is 1. The second-order valence-electron chi connectivity index (χ2n) is 3.38. The molecule has 0 radical (unpaired) electrons. The molecule has 1 aromatic heterocycles. The average Bonchev–Trinajstić information content (AvgIpc) is 2.76. The summed E-state index contributed by atoms with van der Waals surface area (Å²) in [5, 5.41) is 0.632. The van der Waals surface area contributed by atoms with E-state index in [4.69, 9.17) is 10.5 Å². The summed E-state index contributed by atoms with van der Waals surface area (Å²) < 4.78 is 6.77. The maximum atomic E-state index is 5.60. The van der Waals surface area contributed by atoms with Crippen LogP contribution in [0, 0.1) is 0 Å². The van der Waals surface area contributed by atoms with E-state index in [1.165, 1.54) is 15.5 Å². The molecule has 17 heavy (non-hydrogen) atoms. The average molecular weight is 266 g/mol. The van der Waals surface area contributed by atoms with Crippen LogP contribution in [0.5, 0.6) is 5.75 Å². The molecule has 0 spiro atoms. The number of aromatic nitrogens is 1. The van der Waals surface area contributed by atoms with E-state index in [0.29, 0.717) is 5.13 Å². The quantitative estimate of drug-likeness (QED) is 0.644. The van der Waals surface area contributed by atoms with E-state index >= 15 is 0 Å². The van der Waals surface area contributed by atoms with Crippen LogP contribution in [0.4, 0.5) is 5.13 Å².